The van der Waals surface area contributed by atoms with E-state index in [1.807, 2.05) is 98.7 Å². The summed E-state index contributed by atoms with van der Waals surface area (Å²) in [5, 5.41) is 9.53. The van der Waals surface area contributed by atoms with E-state index in [9.17, 15) is 24.3 Å². The minimum atomic E-state index is -0.968. The molecule has 51 heavy (non-hydrogen) atoms. The van der Waals surface area contributed by atoms with Crippen LogP contribution in [0.3, 0.4) is 0 Å². The van der Waals surface area contributed by atoms with E-state index in [4.69, 9.17) is 14.2 Å². The molecule has 0 saturated carbocycles. The zero-order valence-corrected chi connectivity index (χ0v) is 32.5. The number of rotatable bonds is 10. The van der Waals surface area contributed by atoms with Gasteiger partial charge in [-0.15, -0.1) is 0 Å². The van der Waals surface area contributed by atoms with Crippen LogP contribution in [0.25, 0.3) is 0 Å². The highest BCUT2D eigenvalue weighted by molar-refractivity contribution is 7.99. The molecule has 2 aliphatic rings. The van der Waals surface area contributed by atoms with Crippen molar-refractivity contribution in [3.05, 3.63) is 59.7 Å². The number of amides is 2. The van der Waals surface area contributed by atoms with Crippen LogP contribution in [0.15, 0.2) is 58.3 Å². The summed E-state index contributed by atoms with van der Waals surface area (Å²) < 4.78 is 17.3. The Morgan fingerprint density at radius 2 is 1.10 bits per heavy atom. The number of hydrogen-bond donors (Lipinski definition) is 1. The van der Waals surface area contributed by atoms with Crippen molar-refractivity contribution in [3.8, 4) is 0 Å². The number of ether oxygens (including phenoxy) is 3. The monoisotopic (exact) mass is 724 g/mol. The Balaban J connectivity index is 1.50. The number of hydrogen-bond acceptors (Lipinski definition) is 8. The van der Waals surface area contributed by atoms with Crippen LogP contribution < -0.4 is 0 Å². The van der Waals surface area contributed by atoms with Crippen molar-refractivity contribution in [2.45, 2.75) is 115 Å². The van der Waals surface area contributed by atoms with Crippen LogP contribution in [0.5, 0.6) is 0 Å². The first-order chi connectivity index (χ1) is 23.7. The van der Waals surface area contributed by atoms with Gasteiger partial charge in [-0.2, -0.15) is 0 Å². The first kappa shape index (κ1) is 40.0. The van der Waals surface area contributed by atoms with Crippen LogP contribution in [-0.2, 0) is 36.6 Å². The summed E-state index contributed by atoms with van der Waals surface area (Å²) in [7, 11) is 0. The van der Waals surface area contributed by atoms with E-state index < -0.39 is 34.7 Å². The number of likely N-dealkylation sites (tertiary alicyclic amines) is 2. The number of carbonyl (C=O) groups excluding carboxylic acids is 3. The molecule has 2 saturated heterocycles. The standard InChI is InChI=1S/C40H56N2O8S/c1-38(2,3)48-34(43)32(28-16-18-41(24-28)36(45)46)22-26-12-10-14-30(20-26)51-31-15-11-13-27(21-31)23-33(35(44)49-39(4,5)6)29-17-19-42(25-29)37(47)50-40(7,8)9/h10-15,20-21,28-29,32-33H,16-19,22-25H2,1-9H3,(H,45,46)/t28-,29-,32?,33?/m0/s1. The second kappa shape index (κ2) is 16.3. The lowest BCUT2D eigenvalue weighted by Gasteiger charge is -2.28. The van der Waals surface area contributed by atoms with Crippen LogP contribution in [0.2, 0.25) is 0 Å². The molecule has 2 unspecified atom stereocenters. The predicted molar refractivity (Wildman–Crippen MR) is 197 cm³/mol. The van der Waals surface area contributed by atoms with Gasteiger partial charge >= 0.3 is 24.1 Å². The van der Waals surface area contributed by atoms with Gasteiger partial charge in [0.25, 0.3) is 0 Å². The summed E-state index contributed by atoms with van der Waals surface area (Å²) in [4.78, 5) is 56.5. The van der Waals surface area contributed by atoms with Crippen molar-refractivity contribution in [1.29, 1.82) is 0 Å². The van der Waals surface area contributed by atoms with Gasteiger partial charge in [-0.3, -0.25) is 9.59 Å². The Bertz CT molecular complexity index is 1560. The molecule has 2 heterocycles. The molecule has 4 rings (SSSR count). The highest BCUT2D eigenvalue weighted by Crippen LogP contribution is 2.35. The Morgan fingerprint density at radius 1 is 0.686 bits per heavy atom. The van der Waals surface area contributed by atoms with Gasteiger partial charge in [0.1, 0.15) is 16.8 Å². The van der Waals surface area contributed by atoms with Gasteiger partial charge in [0.15, 0.2) is 0 Å². The zero-order valence-electron chi connectivity index (χ0n) is 31.7. The van der Waals surface area contributed by atoms with Crippen molar-refractivity contribution in [3.63, 3.8) is 0 Å². The fraction of sp³-hybridized carbons (Fsp3) is 0.600. The zero-order chi connectivity index (χ0) is 37.7. The third-order valence-corrected chi connectivity index (χ3v) is 9.85. The van der Waals surface area contributed by atoms with Crippen LogP contribution in [0.1, 0.15) is 86.3 Å². The molecule has 2 fully saturated rings. The molecule has 10 nitrogen and oxygen atoms in total. The molecule has 0 aliphatic carbocycles. The van der Waals surface area contributed by atoms with Crippen molar-refractivity contribution in [1.82, 2.24) is 9.80 Å². The van der Waals surface area contributed by atoms with Crippen LogP contribution in [0, 0.1) is 23.7 Å². The molecule has 0 aromatic heterocycles. The highest BCUT2D eigenvalue weighted by atomic mass is 32.2. The second-order valence-electron chi connectivity index (χ2n) is 16.8. The van der Waals surface area contributed by atoms with Crippen molar-refractivity contribution in [2.75, 3.05) is 26.2 Å². The third-order valence-electron chi connectivity index (χ3n) is 8.87. The number of benzene rings is 2. The molecule has 1 N–H and O–H groups in total. The molecule has 2 aromatic carbocycles. The van der Waals surface area contributed by atoms with Crippen LogP contribution in [0.4, 0.5) is 9.59 Å². The van der Waals surface area contributed by atoms with Crippen molar-refractivity contribution < 1.29 is 38.5 Å². The molecule has 280 valence electrons. The first-order valence-electron chi connectivity index (χ1n) is 17.9. The van der Waals surface area contributed by atoms with E-state index in [0.29, 0.717) is 51.9 Å². The Morgan fingerprint density at radius 3 is 1.49 bits per heavy atom. The highest BCUT2D eigenvalue weighted by Gasteiger charge is 2.40. The van der Waals surface area contributed by atoms with E-state index in [1.165, 1.54) is 4.90 Å². The fourth-order valence-corrected chi connectivity index (χ4v) is 7.64. The minimum Gasteiger partial charge on any atom is -0.465 e. The van der Waals surface area contributed by atoms with Gasteiger partial charge in [-0.05, 0) is 135 Å². The molecule has 2 aromatic rings. The molecule has 0 radical (unpaired) electrons. The van der Waals surface area contributed by atoms with E-state index in [-0.39, 0.29) is 29.9 Å². The summed E-state index contributed by atoms with van der Waals surface area (Å²) >= 11 is 1.60. The smallest absolute Gasteiger partial charge is 0.410 e. The van der Waals surface area contributed by atoms with Crippen LogP contribution >= 0.6 is 11.8 Å². The number of carbonyl (C=O) groups is 4. The maximum Gasteiger partial charge on any atom is 0.410 e. The Labute approximate surface area is 307 Å². The molecule has 0 spiro atoms. The number of esters is 2. The lowest BCUT2D eigenvalue weighted by atomic mass is 9.86. The molecule has 11 heteroatoms. The second-order valence-corrected chi connectivity index (χ2v) is 18.0. The van der Waals surface area contributed by atoms with Crippen LogP contribution in [-0.4, -0.2) is 82.0 Å². The van der Waals surface area contributed by atoms with Gasteiger partial charge < -0.3 is 29.1 Å². The summed E-state index contributed by atoms with van der Waals surface area (Å²) in [6.07, 6.45) is 0.885. The fourth-order valence-electron chi connectivity index (χ4n) is 6.65. The Hall–Kier alpha value is -3.73. The summed E-state index contributed by atoms with van der Waals surface area (Å²) in [6, 6.07) is 16.2. The third kappa shape index (κ3) is 12.5. The normalized spacial score (nSPS) is 19.4. The number of nitrogens with zero attached hydrogens (tertiary/aromatic N) is 2. The van der Waals surface area contributed by atoms with E-state index in [2.05, 4.69) is 12.1 Å². The number of carboxylic acid groups (broad SMARTS) is 1. The van der Waals surface area contributed by atoms with Gasteiger partial charge in [0.05, 0.1) is 11.8 Å². The predicted octanol–water partition coefficient (Wildman–Crippen LogP) is 8.10. The lowest BCUT2D eigenvalue weighted by molar-refractivity contribution is -0.163. The summed E-state index contributed by atoms with van der Waals surface area (Å²) in [5.74, 6) is -1.67. The quantitative estimate of drug-likeness (QED) is 0.191. The van der Waals surface area contributed by atoms with Crippen molar-refractivity contribution in [2.24, 2.45) is 23.7 Å². The molecule has 2 aliphatic heterocycles. The molecular formula is C40H56N2O8S. The largest absolute Gasteiger partial charge is 0.465 e. The SMILES string of the molecule is CC(C)(C)OC(=O)C(Cc1cccc(Sc2cccc(CC(C(=O)OC(C)(C)C)[C@H]3CCN(C(=O)OC(C)(C)C)C3)c2)c1)[C@H]1CCN(C(=O)O)C1. The van der Waals surface area contributed by atoms with Gasteiger partial charge in [-0.25, -0.2) is 9.59 Å². The maximum atomic E-state index is 13.6. The van der Waals surface area contributed by atoms with Gasteiger partial charge in [0, 0.05) is 36.0 Å². The molecule has 0 bridgehead atoms. The van der Waals surface area contributed by atoms with Crippen molar-refractivity contribution >= 4 is 35.9 Å². The van der Waals surface area contributed by atoms with Gasteiger partial charge in [-0.1, -0.05) is 36.0 Å². The average molecular weight is 725 g/mol. The lowest BCUT2D eigenvalue weighted by Crippen LogP contribution is -2.38. The van der Waals surface area contributed by atoms with E-state index in [0.717, 1.165) is 20.9 Å². The topological polar surface area (TPSA) is 123 Å². The van der Waals surface area contributed by atoms with Gasteiger partial charge in [0.2, 0.25) is 0 Å². The molecule has 2 amide bonds. The summed E-state index contributed by atoms with van der Waals surface area (Å²) in [5.41, 5.74) is 0.0773. The maximum absolute atomic E-state index is 13.6. The Kier molecular flexibility index (Phi) is 12.8. The molecule has 4 atom stereocenters. The molecular weight excluding hydrogens is 669 g/mol. The average Bonchev–Trinajstić information content (AvgIpc) is 3.67. The first-order valence-corrected chi connectivity index (χ1v) is 18.7. The minimum absolute atomic E-state index is 0.0688. The van der Waals surface area contributed by atoms with E-state index in [1.54, 1.807) is 16.7 Å². The summed E-state index contributed by atoms with van der Waals surface area (Å²) in [6.45, 7) is 18.3. The van der Waals surface area contributed by atoms with E-state index >= 15 is 0 Å².